The maximum absolute atomic E-state index is 12.3. The first-order valence-electron chi connectivity index (χ1n) is 6.30. The van der Waals surface area contributed by atoms with Crippen LogP contribution < -0.4 is 10.3 Å². The SMILES string of the molecule is CC(C)c1cccc(NS(=O)(=O)c2c[nH]c(=O)c(Cl)c2)c1. The summed E-state index contributed by atoms with van der Waals surface area (Å²) in [5.74, 6) is 0.289. The molecule has 0 unspecified atom stereocenters. The highest BCUT2D eigenvalue weighted by molar-refractivity contribution is 7.92. The van der Waals surface area contributed by atoms with Crippen LogP contribution in [-0.2, 0) is 10.0 Å². The van der Waals surface area contributed by atoms with Gasteiger partial charge in [0.25, 0.3) is 15.6 Å². The molecule has 0 fully saturated rings. The van der Waals surface area contributed by atoms with Crippen molar-refractivity contribution in [2.45, 2.75) is 24.7 Å². The lowest BCUT2D eigenvalue weighted by Gasteiger charge is -2.11. The molecule has 1 heterocycles. The topological polar surface area (TPSA) is 79.0 Å². The van der Waals surface area contributed by atoms with Crippen molar-refractivity contribution in [3.63, 3.8) is 0 Å². The first-order valence-corrected chi connectivity index (χ1v) is 8.17. The van der Waals surface area contributed by atoms with Gasteiger partial charge in [-0.3, -0.25) is 9.52 Å². The van der Waals surface area contributed by atoms with Crippen molar-refractivity contribution in [3.8, 4) is 0 Å². The Balaban J connectivity index is 2.35. The Hall–Kier alpha value is -1.79. The first kappa shape index (κ1) is 15.6. The number of anilines is 1. The molecule has 0 aliphatic rings. The van der Waals surface area contributed by atoms with Gasteiger partial charge in [0.2, 0.25) is 0 Å². The van der Waals surface area contributed by atoms with Crippen molar-refractivity contribution in [2.75, 3.05) is 4.72 Å². The van der Waals surface area contributed by atoms with Crippen LogP contribution >= 0.6 is 11.6 Å². The number of halogens is 1. The van der Waals surface area contributed by atoms with Gasteiger partial charge in [-0.15, -0.1) is 0 Å². The average molecular weight is 327 g/mol. The van der Waals surface area contributed by atoms with E-state index < -0.39 is 15.6 Å². The van der Waals surface area contributed by atoms with Gasteiger partial charge in [-0.05, 0) is 29.7 Å². The molecule has 2 rings (SSSR count). The van der Waals surface area contributed by atoms with E-state index in [1.165, 1.54) is 0 Å². The number of hydrogen-bond donors (Lipinski definition) is 2. The van der Waals surface area contributed by atoms with Gasteiger partial charge < -0.3 is 4.98 Å². The van der Waals surface area contributed by atoms with Crippen molar-refractivity contribution in [1.29, 1.82) is 0 Å². The van der Waals surface area contributed by atoms with Crippen LogP contribution in [0.4, 0.5) is 5.69 Å². The number of hydrogen-bond acceptors (Lipinski definition) is 3. The summed E-state index contributed by atoms with van der Waals surface area (Å²) in [5.41, 5.74) is 0.954. The summed E-state index contributed by atoms with van der Waals surface area (Å²) in [6.45, 7) is 4.05. The van der Waals surface area contributed by atoms with Crippen LogP contribution in [0.2, 0.25) is 5.02 Å². The molecule has 0 aliphatic carbocycles. The van der Waals surface area contributed by atoms with Crippen LogP contribution in [0, 0.1) is 0 Å². The summed E-state index contributed by atoms with van der Waals surface area (Å²) in [7, 11) is -3.80. The van der Waals surface area contributed by atoms with Gasteiger partial charge in [-0.25, -0.2) is 8.42 Å². The molecule has 0 atom stereocenters. The van der Waals surface area contributed by atoms with Crippen molar-refractivity contribution >= 4 is 27.3 Å². The van der Waals surface area contributed by atoms with Gasteiger partial charge in [-0.1, -0.05) is 37.6 Å². The highest BCUT2D eigenvalue weighted by Crippen LogP contribution is 2.21. The molecule has 0 bridgehead atoms. The number of aromatic amines is 1. The monoisotopic (exact) mass is 326 g/mol. The van der Waals surface area contributed by atoms with Crippen molar-refractivity contribution in [1.82, 2.24) is 4.98 Å². The smallest absolute Gasteiger partial charge is 0.266 e. The molecule has 0 saturated carbocycles. The number of pyridine rings is 1. The molecule has 2 N–H and O–H groups in total. The fourth-order valence-corrected chi connectivity index (χ4v) is 3.05. The van der Waals surface area contributed by atoms with Crippen LogP contribution in [0.15, 0.2) is 46.2 Å². The van der Waals surface area contributed by atoms with E-state index in [0.29, 0.717) is 5.69 Å². The Morgan fingerprint density at radius 1 is 1.24 bits per heavy atom. The molecule has 0 spiro atoms. The van der Waals surface area contributed by atoms with E-state index in [9.17, 15) is 13.2 Å². The highest BCUT2D eigenvalue weighted by atomic mass is 35.5. The second kappa shape index (κ2) is 5.91. The van der Waals surface area contributed by atoms with E-state index in [0.717, 1.165) is 17.8 Å². The minimum atomic E-state index is -3.80. The summed E-state index contributed by atoms with van der Waals surface area (Å²) >= 11 is 5.65. The summed E-state index contributed by atoms with van der Waals surface area (Å²) in [5, 5.41) is -0.172. The van der Waals surface area contributed by atoms with Crippen molar-refractivity contribution in [3.05, 3.63) is 57.5 Å². The Morgan fingerprint density at radius 3 is 2.57 bits per heavy atom. The largest absolute Gasteiger partial charge is 0.326 e. The Labute approximate surface area is 128 Å². The predicted octanol–water partition coefficient (Wildman–Crippen LogP) is 2.95. The normalized spacial score (nSPS) is 11.6. The van der Waals surface area contributed by atoms with Gasteiger partial charge >= 0.3 is 0 Å². The third-order valence-electron chi connectivity index (χ3n) is 2.95. The Kier molecular flexibility index (Phi) is 4.39. The minimum Gasteiger partial charge on any atom is -0.326 e. The number of aromatic nitrogens is 1. The fourth-order valence-electron chi connectivity index (χ4n) is 1.77. The predicted molar refractivity (Wildman–Crippen MR) is 83.4 cm³/mol. The Bertz CT molecular complexity index is 813. The van der Waals surface area contributed by atoms with Crippen LogP contribution in [0.1, 0.15) is 25.3 Å². The van der Waals surface area contributed by atoms with Crippen molar-refractivity contribution in [2.24, 2.45) is 0 Å². The van der Waals surface area contributed by atoms with E-state index in [1.54, 1.807) is 18.2 Å². The molecule has 21 heavy (non-hydrogen) atoms. The van der Waals surface area contributed by atoms with E-state index in [2.05, 4.69) is 9.71 Å². The Morgan fingerprint density at radius 2 is 1.95 bits per heavy atom. The average Bonchev–Trinajstić information content (AvgIpc) is 2.41. The zero-order valence-electron chi connectivity index (χ0n) is 11.6. The van der Waals surface area contributed by atoms with Crippen molar-refractivity contribution < 1.29 is 8.42 Å². The quantitative estimate of drug-likeness (QED) is 0.906. The zero-order valence-corrected chi connectivity index (χ0v) is 13.1. The number of H-pyrrole nitrogens is 1. The molecule has 0 radical (unpaired) electrons. The lowest BCUT2D eigenvalue weighted by Crippen LogP contribution is -2.16. The van der Waals surface area contributed by atoms with Gasteiger partial charge in [0.1, 0.15) is 9.92 Å². The van der Waals surface area contributed by atoms with Crippen LogP contribution in [-0.4, -0.2) is 13.4 Å². The van der Waals surface area contributed by atoms with Gasteiger partial charge in [0.05, 0.1) is 0 Å². The van der Waals surface area contributed by atoms with Crippen LogP contribution in [0.3, 0.4) is 0 Å². The number of sulfonamides is 1. The first-order chi connectivity index (χ1) is 9.79. The molecular formula is C14H15ClN2O3S. The molecule has 0 aliphatic heterocycles. The van der Waals surface area contributed by atoms with Crippen LogP contribution in [0.5, 0.6) is 0 Å². The molecular weight excluding hydrogens is 312 g/mol. The second-order valence-corrected chi connectivity index (χ2v) is 6.99. The molecule has 0 amide bonds. The molecule has 2 aromatic rings. The maximum atomic E-state index is 12.3. The summed E-state index contributed by atoms with van der Waals surface area (Å²) in [6, 6.07) is 8.27. The van der Waals surface area contributed by atoms with E-state index in [-0.39, 0.29) is 15.8 Å². The summed E-state index contributed by atoms with van der Waals surface area (Å²) in [4.78, 5) is 13.4. The van der Waals surface area contributed by atoms with Gasteiger partial charge in [0, 0.05) is 11.9 Å². The van der Waals surface area contributed by atoms with E-state index >= 15 is 0 Å². The summed E-state index contributed by atoms with van der Waals surface area (Å²) in [6.07, 6.45) is 1.11. The second-order valence-electron chi connectivity index (χ2n) is 4.90. The molecule has 112 valence electrons. The third kappa shape index (κ3) is 3.65. The summed E-state index contributed by atoms with van der Waals surface area (Å²) < 4.78 is 27.0. The minimum absolute atomic E-state index is 0.0953. The zero-order chi connectivity index (χ0) is 15.6. The standard InChI is InChI=1S/C14H15ClN2O3S/c1-9(2)10-4-3-5-11(6-10)17-21(19,20)12-7-13(15)14(18)16-8-12/h3-9,17H,1-2H3,(H,16,18). The molecule has 1 aromatic carbocycles. The molecule has 1 aromatic heterocycles. The number of benzene rings is 1. The van der Waals surface area contributed by atoms with Crippen LogP contribution in [0.25, 0.3) is 0 Å². The maximum Gasteiger partial charge on any atom is 0.266 e. The number of nitrogens with one attached hydrogen (secondary N) is 2. The molecule has 5 nitrogen and oxygen atoms in total. The third-order valence-corrected chi connectivity index (χ3v) is 4.59. The van der Waals surface area contributed by atoms with Gasteiger partial charge in [-0.2, -0.15) is 0 Å². The molecule has 0 saturated heterocycles. The lowest BCUT2D eigenvalue weighted by atomic mass is 10.0. The fraction of sp³-hybridized carbons (Fsp3) is 0.214. The molecule has 7 heteroatoms. The van der Waals surface area contributed by atoms with Gasteiger partial charge in [0.15, 0.2) is 0 Å². The lowest BCUT2D eigenvalue weighted by molar-refractivity contribution is 0.600. The highest BCUT2D eigenvalue weighted by Gasteiger charge is 2.16. The van der Waals surface area contributed by atoms with E-state index in [1.807, 2.05) is 19.9 Å². The van der Waals surface area contributed by atoms with E-state index in [4.69, 9.17) is 11.6 Å². The number of rotatable bonds is 4.